The Labute approximate surface area is 139 Å². The second kappa shape index (κ2) is 6.96. The lowest BCUT2D eigenvalue weighted by molar-refractivity contribution is 0.00151. The van der Waals surface area contributed by atoms with Crippen molar-refractivity contribution in [2.75, 3.05) is 13.2 Å². The second-order valence-electron chi connectivity index (χ2n) is 5.28. The van der Waals surface area contributed by atoms with E-state index < -0.39 is 16.1 Å². The van der Waals surface area contributed by atoms with Gasteiger partial charge in [0.1, 0.15) is 10.3 Å². The molecule has 2 atom stereocenters. The van der Waals surface area contributed by atoms with Crippen molar-refractivity contribution in [2.24, 2.45) is 0 Å². The van der Waals surface area contributed by atoms with Crippen molar-refractivity contribution in [1.82, 2.24) is 9.71 Å². The molecule has 6 nitrogen and oxygen atoms in total. The zero-order valence-corrected chi connectivity index (χ0v) is 14.3. The summed E-state index contributed by atoms with van der Waals surface area (Å²) in [5, 5.41) is 0. The molecule has 1 aliphatic rings. The molecule has 8 heteroatoms. The maximum absolute atomic E-state index is 12.5. The molecule has 3 rings (SSSR count). The molecule has 2 aromatic heterocycles. The minimum Gasteiger partial charge on any atom is -0.472 e. The smallest absolute Gasteiger partial charge is 0.250 e. The highest BCUT2D eigenvalue weighted by Gasteiger charge is 2.32. The number of pyridine rings is 1. The standard InChI is InChI=1S/C15H18N2O4S2/c1-11-5-6-15(22-11)23(18,19)17-12-10-20-9-7-13(12)21-14-4-2-3-8-16-14/h2-6,8,12-13,17H,7,9-10H2,1H3/t12-,13-/m1/s1. The summed E-state index contributed by atoms with van der Waals surface area (Å²) in [6.07, 6.45) is 1.93. The van der Waals surface area contributed by atoms with Gasteiger partial charge in [0.2, 0.25) is 5.88 Å². The fourth-order valence-corrected chi connectivity index (χ4v) is 4.90. The molecule has 0 spiro atoms. The molecule has 1 saturated heterocycles. The van der Waals surface area contributed by atoms with E-state index in [9.17, 15) is 8.42 Å². The number of sulfonamides is 1. The minimum absolute atomic E-state index is 0.279. The third-order valence-corrected chi connectivity index (χ3v) is 6.47. The van der Waals surface area contributed by atoms with E-state index in [0.29, 0.717) is 23.1 Å². The maximum Gasteiger partial charge on any atom is 0.250 e. The predicted molar refractivity (Wildman–Crippen MR) is 87.3 cm³/mol. The minimum atomic E-state index is -3.58. The van der Waals surface area contributed by atoms with Crippen molar-refractivity contribution in [2.45, 2.75) is 29.7 Å². The third-order valence-electron chi connectivity index (χ3n) is 3.49. The van der Waals surface area contributed by atoms with Crippen LogP contribution in [0.3, 0.4) is 0 Å². The molecule has 0 aromatic carbocycles. The molecule has 0 unspecified atom stereocenters. The normalized spacial score (nSPS) is 22.0. The molecular weight excluding hydrogens is 336 g/mol. The Balaban J connectivity index is 1.74. The van der Waals surface area contributed by atoms with Gasteiger partial charge in [0.25, 0.3) is 10.0 Å². The summed E-state index contributed by atoms with van der Waals surface area (Å²) < 4.78 is 39.2. The van der Waals surface area contributed by atoms with Crippen LogP contribution < -0.4 is 9.46 Å². The third kappa shape index (κ3) is 4.08. The highest BCUT2D eigenvalue weighted by Crippen LogP contribution is 2.23. The molecule has 0 radical (unpaired) electrons. The first kappa shape index (κ1) is 16.4. The molecule has 2 aromatic rings. The predicted octanol–water partition coefficient (Wildman–Crippen LogP) is 1.97. The van der Waals surface area contributed by atoms with E-state index >= 15 is 0 Å². The lowest BCUT2D eigenvalue weighted by Gasteiger charge is -2.31. The topological polar surface area (TPSA) is 77.5 Å². The maximum atomic E-state index is 12.5. The number of thiophene rings is 1. The summed E-state index contributed by atoms with van der Waals surface area (Å²) in [6, 6.07) is 8.34. The average Bonchev–Trinajstić information content (AvgIpc) is 2.98. The monoisotopic (exact) mass is 354 g/mol. The van der Waals surface area contributed by atoms with E-state index in [2.05, 4.69) is 9.71 Å². The Morgan fingerprint density at radius 2 is 2.22 bits per heavy atom. The highest BCUT2D eigenvalue weighted by molar-refractivity contribution is 7.91. The molecule has 124 valence electrons. The van der Waals surface area contributed by atoms with Crippen molar-refractivity contribution < 1.29 is 17.9 Å². The Morgan fingerprint density at radius 1 is 1.35 bits per heavy atom. The molecule has 23 heavy (non-hydrogen) atoms. The molecule has 0 bridgehead atoms. The molecule has 3 heterocycles. The summed E-state index contributed by atoms with van der Waals surface area (Å²) >= 11 is 1.24. The van der Waals surface area contributed by atoms with Gasteiger partial charge in [0, 0.05) is 23.6 Å². The molecule has 1 fully saturated rings. The Morgan fingerprint density at radius 3 is 2.91 bits per heavy atom. The summed E-state index contributed by atoms with van der Waals surface area (Å²) in [5.41, 5.74) is 0. The quantitative estimate of drug-likeness (QED) is 0.888. The van der Waals surface area contributed by atoms with Crippen LogP contribution in [0.15, 0.2) is 40.7 Å². The number of nitrogens with zero attached hydrogens (tertiary/aromatic N) is 1. The number of hydrogen-bond donors (Lipinski definition) is 1. The molecular formula is C15H18N2O4S2. The van der Waals surface area contributed by atoms with E-state index in [-0.39, 0.29) is 12.7 Å². The summed E-state index contributed by atoms with van der Waals surface area (Å²) in [5.74, 6) is 0.482. The van der Waals surface area contributed by atoms with Gasteiger partial charge in [-0.15, -0.1) is 11.3 Å². The fraction of sp³-hybridized carbons (Fsp3) is 0.400. The Hall–Kier alpha value is -1.48. The SMILES string of the molecule is Cc1ccc(S(=O)(=O)N[C@@H]2COCC[C@H]2Oc2ccccn2)s1. The van der Waals surface area contributed by atoms with Crippen LogP contribution in [0, 0.1) is 6.92 Å². The van der Waals surface area contributed by atoms with E-state index in [1.165, 1.54) is 11.3 Å². The van der Waals surface area contributed by atoms with E-state index in [1.54, 1.807) is 30.5 Å². The molecule has 0 aliphatic carbocycles. The van der Waals surface area contributed by atoms with Gasteiger partial charge >= 0.3 is 0 Å². The summed E-state index contributed by atoms with van der Waals surface area (Å²) in [6.45, 7) is 2.69. The summed E-state index contributed by atoms with van der Waals surface area (Å²) in [7, 11) is -3.58. The zero-order chi connectivity index (χ0) is 16.3. The highest BCUT2D eigenvalue weighted by atomic mass is 32.2. The van der Waals surface area contributed by atoms with Crippen LogP contribution in [-0.4, -0.2) is 38.8 Å². The van der Waals surface area contributed by atoms with Crippen molar-refractivity contribution in [3.05, 3.63) is 41.4 Å². The van der Waals surface area contributed by atoms with E-state index in [4.69, 9.17) is 9.47 Å². The van der Waals surface area contributed by atoms with Crippen LogP contribution in [0.5, 0.6) is 5.88 Å². The first-order chi connectivity index (χ1) is 11.0. The van der Waals surface area contributed by atoms with Crippen LogP contribution >= 0.6 is 11.3 Å². The van der Waals surface area contributed by atoms with Gasteiger partial charge in [0.15, 0.2) is 0 Å². The number of ether oxygens (including phenoxy) is 2. The lowest BCUT2D eigenvalue weighted by atomic mass is 10.1. The van der Waals surface area contributed by atoms with Crippen molar-refractivity contribution in [1.29, 1.82) is 0 Å². The lowest BCUT2D eigenvalue weighted by Crippen LogP contribution is -2.51. The number of aryl methyl sites for hydroxylation is 1. The van der Waals surface area contributed by atoms with Crippen LogP contribution in [0.4, 0.5) is 0 Å². The molecule has 1 aliphatic heterocycles. The first-order valence-corrected chi connectivity index (χ1v) is 9.59. The largest absolute Gasteiger partial charge is 0.472 e. The van der Waals surface area contributed by atoms with Gasteiger partial charge < -0.3 is 9.47 Å². The van der Waals surface area contributed by atoms with Gasteiger partial charge in [-0.25, -0.2) is 18.1 Å². The van der Waals surface area contributed by atoms with Crippen molar-refractivity contribution in [3.63, 3.8) is 0 Å². The van der Waals surface area contributed by atoms with Gasteiger partial charge in [-0.2, -0.15) is 0 Å². The number of nitrogens with one attached hydrogen (secondary N) is 1. The fourth-order valence-electron chi connectivity index (χ4n) is 2.36. The van der Waals surface area contributed by atoms with Gasteiger partial charge in [-0.05, 0) is 25.1 Å². The molecule has 1 N–H and O–H groups in total. The van der Waals surface area contributed by atoms with Crippen LogP contribution in [0.1, 0.15) is 11.3 Å². The van der Waals surface area contributed by atoms with Gasteiger partial charge in [0.05, 0.1) is 19.3 Å². The molecule has 0 amide bonds. The zero-order valence-electron chi connectivity index (χ0n) is 12.6. The van der Waals surface area contributed by atoms with Crippen molar-refractivity contribution in [3.8, 4) is 5.88 Å². The Bertz CT molecular complexity index is 746. The molecule has 0 saturated carbocycles. The average molecular weight is 354 g/mol. The second-order valence-corrected chi connectivity index (χ2v) is 8.51. The van der Waals surface area contributed by atoms with Crippen molar-refractivity contribution >= 4 is 21.4 Å². The number of rotatable bonds is 5. The van der Waals surface area contributed by atoms with Gasteiger partial charge in [-0.3, -0.25) is 0 Å². The first-order valence-electron chi connectivity index (χ1n) is 7.29. The Kier molecular flexibility index (Phi) is 4.96. The van der Waals surface area contributed by atoms with Crippen LogP contribution in [0.25, 0.3) is 0 Å². The van der Waals surface area contributed by atoms with E-state index in [0.717, 1.165) is 4.88 Å². The number of hydrogen-bond acceptors (Lipinski definition) is 6. The van der Waals surface area contributed by atoms with E-state index in [1.807, 2.05) is 13.0 Å². The summed E-state index contributed by atoms with van der Waals surface area (Å²) in [4.78, 5) is 5.08. The van der Waals surface area contributed by atoms with Gasteiger partial charge in [-0.1, -0.05) is 6.07 Å². The number of aromatic nitrogens is 1. The van der Waals surface area contributed by atoms with Crippen LogP contribution in [0.2, 0.25) is 0 Å². The van der Waals surface area contributed by atoms with Crippen LogP contribution in [-0.2, 0) is 14.8 Å².